The van der Waals surface area contributed by atoms with Crippen LogP contribution in [0.4, 0.5) is 0 Å². The van der Waals surface area contributed by atoms with Crippen molar-refractivity contribution in [2.45, 2.75) is 12.5 Å². The molecule has 2 heterocycles. The Morgan fingerprint density at radius 1 is 1.33 bits per heavy atom. The summed E-state index contributed by atoms with van der Waals surface area (Å²) in [6.45, 7) is 0.581. The van der Waals surface area contributed by atoms with E-state index in [2.05, 4.69) is 4.98 Å². The Labute approximate surface area is 124 Å². The number of sulfonamides is 1. The highest BCUT2D eigenvalue weighted by atomic mass is 32.2. The summed E-state index contributed by atoms with van der Waals surface area (Å²) in [6.07, 6.45) is 4.57. The molecule has 9 heteroatoms. The Balaban J connectivity index is 1.92. The van der Waals surface area contributed by atoms with E-state index in [9.17, 15) is 16.8 Å². The zero-order valence-corrected chi connectivity index (χ0v) is 13.3. The number of sulfone groups is 1. The molecule has 0 saturated carbocycles. The first-order chi connectivity index (χ1) is 9.76. The molecule has 1 saturated heterocycles. The average molecular weight is 334 g/mol. The van der Waals surface area contributed by atoms with Crippen molar-refractivity contribution in [1.29, 1.82) is 0 Å². The molecule has 1 aromatic heterocycles. The van der Waals surface area contributed by atoms with Gasteiger partial charge in [-0.05, 0) is 18.6 Å². The summed E-state index contributed by atoms with van der Waals surface area (Å²) in [4.78, 5) is 3.93. The molecule has 0 spiro atoms. The van der Waals surface area contributed by atoms with Gasteiger partial charge in [0.25, 0.3) is 0 Å². The summed E-state index contributed by atoms with van der Waals surface area (Å²) in [7, 11) is -6.85. The van der Waals surface area contributed by atoms with Gasteiger partial charge >= 0.3 is 0 Å². The van der Waals surface area contributed by atoms with E-state index in [4.69, 9.17) is 4.74 Å². The van der Waals surface area contributed by atoms with Crippen LogP contribution in [-0.2, 0) is 19.9 Å². The summed E-state index contributed by atoms with van der Waals surface area (Å²) in [5, 5.41) is 0. The van der Waals surface area contributed by atoms with Crippen LogP contribution < -0.4 is 4.74 Å². The van der Waals surface area contributed by atoms with Gasteiger partial charge < -0.3 is 4.74 Å². The second kappa shape index (κ2) is 6.29. The maximum atomic E-state index is 12.1. The van der Waals surface area contributed by atoms with Gasteiger partial charge in [-0.25, -0.2) is 16.8 Å². The van der Waals surface area contributed by atoms with Crippen molar-refractivity contribution < 1.29 is 21.6 Å². The molecular formula is C12H18N2O5S2. The number of hydrogen-bond donors (Lipinski definition) is 0. The first kappa shape index (κ1) is 16.2. The lowest BCUT2D eigenvalue weighted by Gasteiger charge is -2.16. The molecule has 0 radical (unpaired) electrons. The third-order valence-electron chi connectivity index (χ3n) is 3.15. The summed E-state index contributed by atoms with van der Waals surface area (Å²) >= 11 is 0. The van der Waals surface area contributed by atoms with E-state index in [-0.39, 0.29) is 24.2 Å². The normalized spacial score (nSPS) is 20.5. The highest BCUT2D eigenvalue weighted by Crippen LogP contribution is 2.19. The van der Waals surface area contributed by atoms with Gasteiger partial charge in [0, 0.05) is 19.0 Å². The summed E-state index contributed by atoms with van der Waals surface area (Å²) in [5.74, 6) is -0.149. The van der Waals surface area contributed by atoms with Crippen molar-refractivity contribution in [1.82, 2.24) is 9.29 Å². The molecule has 1 fully saturated rings. The molecule has 0 amide bonds. The molecule has 0 bridgehead atoms. The van der Waals surface area contributed by atoms with Crippen LogP contribution in [0.2, 0.25) is 0 Å². The highest BCUT2D eigenvalue weighted by Gasteiger charge is 2.32. The lowest BCUT2D eigenvalue weighted by molar-refractivity contribution is 0.215. The minimum atomic E-state index is -3.56. The standard InChI is InChI=1S/C12H18N2O5S2/c1-20(15,16)7-8-21(17,18)14-6-4-12(10-14)19-11-3-2-5-13-9-11/h2-3,5,9,12H,4,6-8,10H2,1H3/t12-/m0/s1. The molecule has 0 aromatic carbocycles. The van der Waals surface area contributed by atoms with E-state index in [1.54, 1.807) is 24.5 Å². The molecule has 0 unspecified atom stereocenters. The van der Waals surface area contributed by atoms with Crippen molar-refractivity contribution in [3.05, 3.63) is 24.5 Å². The van der Waals surface area contributed by atoms with E-state index in [0.29, 0.717) is 18.7 Å². The van der Waals surface area contributed by atoms with Gasteiger partial charge in [0.2, 0.25) is 10.0 Å². The summed E-state index contributed by atoms with van der Waals surface area (Å²) in [6, 6.07) is 3.50. The maximum absolute atomic E-state index is 12.1. The van der Waals surface area contributed by atoms with Gasteiger partial charge in [-0.2, -0.15) is 4.31 Å². The van der Waals surface area contributed by atoms with Crippen LogP contribution in [0.5, 0.6) is 5.75 Å². The van der Waals surface area contributed by atoms with E-state index in [1.165, 1.54) is 4.31 Å². The molecule has 21 heavy (non-hydrogen) atoms. The smallest absolute Gasteiger partial charge is 0.215 e. The fraction of sp³-hybridized carbons (Fsp3) is 0.583. The summed E-state index contributed by atoms with van der Waals surface area (Å²) in [5.41, 5.74) is 0. The molecule has 1 aromatic rings. The van der Waals surface area contributed by atoms with E-state index < -0.39 is 19.9 Å². The molecule has 118 valence electrons. The van der Waals surface area contributed by atoms with Gasteiger partial charge in [-0.15, -0.1) is 0 Å². The Kier molecular flexibility index (Phi) is 4.84. The number of pyridine rings is 1. The molecule has 1 aliphatic rings. The molecule has 0 N–H and O–H groups in total. The Bertz CT molecular complexity index is 673. The first-order valence-corrected chi connectivity index (χ1v) is 10.2. The molecule has 7 nitrogen and oxygen atoms in total. The Morgan fingerprint density at radius 3 is 2.71 bits per heavy atom. The highest BCUT2D eigenvalue weighted by molar-refractivity contribution is 7.93. The van der Waals surface area contributed by atoms with E-state index in [0.717, 1.165) is 6.26 Å². The second-order valence-corrected chi connectivity index (χ2v) is 9.37. The molecule has 1 atom stereocenters. The fourth-order valence-corrected chi connectivity index (χ4v) is 5.13. The molecule has 1 aliphatic heterocycles. The first-order valence-electron chi connectivity index (χ1n) is 6.48. The molecule has 2 rings (SSSR count). The number of nitrogens with zero attached hydrogens (tertiary/aromatic N) is 2. The van der Waals surface area contributed by atoms with Crippen LogP contribution in [0.3, 0.4) is 0 Å². The number of hydrogen-bond acceptors (Lipinski definition) is 6. The van der Waals surface area contributed by atoms with Crippen LogP contribution in [0.25, 0.3) is 0 Å². The van der Waals surface area contributed by atoms with Crippen LogP contribution >= 0.6 is 0 Å². The minimum absolute atomic E-state index is 0.234. The van der Waals surface area contributed by atoms with Crippen molar-refractivity contribution in [3.63, 3.8) is 0 Å². The quantitative estimate of drug-likeness (QED) is 0.722. The second-order valence-electron chi connectivity index (χ2n) is 5.02. The Morgan fingerprint density at radius 2 is 2.10 bits per heavy atom. The summed E-state index contributed by atoms with van der Waals surface area (Å²) < 4.78 is 53.3. The zero-order valence-electron chi connectivity index (χ0n) is 11.7. The average Bonchev–Trinajstić information content (AvgIpc) is 2.86. The zero-order chi connectivity index (χ0) is 15.5. The van der Waals surface area contributed by atoms with Gasteiger partial charge in [0.1, 0.15) is 21.7 Å². The molecule has 0 aliphatic carbocycles. The van der Waals surface area contributed by atoms with E-state index >= 15 is 0 Å². The van der Waals surface area contributed by atoms with Crippen LogP contribution in [-0.4, -0.2) is 63.1 Å². The predicted octanol–water partition coefficient (Wildman–Crippen LogP) is -0.0909. The van der Waals surface area contributed by atoms with Crippen LogP contribution in [0.15, 0.2) is 24.5 Å². The Hall–Kier alpha value is -1.19. The van der Waals surface area contributed by atoms with Gasteiger partial charge in [-0.1, -0.05) is 0 Å². The third-order valence-corrected chi connectivity index (χ3v) is 6.19. The van der Waals surface area contributed by atoms with Crippen LogP contribution in [0, 0.1) is 0 Å². The topological polar surface area (TPSA) is 93.6 Å². The van der Waals surface area contributed by atoms with Crippen molar-refractivity contribution in [2.24, 2.45) is 0 Å². The van der Waals surface area contributed by atoms with Gasteiger partial charge in [-0.3, -0.25) is 4.98 Å². The fourth-order valence-electron chi connectivity index (χ4n) is 2.04. The minimum Gasteiger partial charge on any atom is -0.487 e. The SMILES string of the molecule is CS(=O)(=O)CCS(=O)(=O)N1CC[C@H](Oc2cccnc2)C1. The van der Waals surface area contributed by atoms with Crippen molar-refractivity contribution >= 4 is 19.9 Å². The third kappa shape index (κ3) is 4.94. The lowest BCUT2D eigenvalue weighted by atomic mass is 10.3. The number of ether oxygens (including phenoxy) is 1. The lowest BCUT2D eigenvalue weighted by Crippen LogP contribution is -2.34. The molecular weight excluding hydrogens is 316 g/mol. The number of rotatable bonds is 6. The van der Waals surface area contributed by atoms with E-state index in [1.807, 2.05) is 0 Å². The van der Waals surface area contributed by atoms with Crippen molar-refractivity contribution in [2.75, 3.05) is 30.9 Å². The van der Waals surface area contributed by atoms with Gasteiger partial charge in [0.15, 0.2) is 0 Å². The van der Waals surface area contributed by atoms with Gasteiger partial charge in [0.05, 0.1) is 24.2 Å². The predicted molar refractivity (Wildman–Crippen MR) is 78.3 cm³/mol. The maximum Gasteiger partial charge on any atom is 0.215 e. The monoisotopic (exact) mass is 334 g/mol. The number of aromatic nitrogens is 1. The largest absolute Gasteiger partial charge is 0.487 e. The van der Waals surface area contributed by atoms with Crippen LogP contribution in [0.1, 0.15) is 6.42 Å². The van der Waals surface area contributed by atoms with Crippen molar-refractivity contribution in [3.8, 4) is 5.75 Å².